The summed E-state index contributed by atoms with van der Waals surface area (Å²) >= 11 is 0. The van der Waals surface area contributed by atoms with E-state index in [-0.39, 0.29) is 18.8 Å². The summed E-state index contributed by atoms with van der Waals surface area (Å²) in [6.07, 6.45) is 1.39. The lowest BCUT2D eigenvalue weighted by molar-refractivity contribution is 0.0942. The van der Waals surface area contributed by atoms with E-state index in [1.54, 1.807) is 0 Å². The van der Waals surface area contributed by atoms with Crippen LogP contribution in [0.2, 0.25) is 0 Å². The summed E-state index contributed by atoms with van der Waals surface area (Å²) in [7, 11) is -3.15. The molecule has 3 heterocycles. The van der Waals surface area contributed by atoms with Crippen molar-refractivity contribution in [3.05, 3.63) is 23.8 Å². The Labute approximate surface area is 141 Å². The van der Waals surface area contributed by atoms with Gasteiger partial charge in [0.1, 0.15) is 0 Å². The van der Waals surface area contributed by atoms with Crippen LogP contribution < -0.4 is 14.2 Å². The standard InChI is InChI=1S/C16H22N2O5S/c1-24(19,20)17-5-12-9-21-16-8-18(7-13(12)16)6-11-2-3-14-15(4-11)23-10-22-14/h2-4,12-13,16-17H,5-10H2,1H3/t12-,13+,16+/m1/s1. The van der Waals surface area contributed by atoms with Gasteiger partial charge in [-0.2, -0.15) is 0 Å². The van der Waals surface area contributed by atoms with Gasteiger partial charge in [-0.05, 0) is 17.7 Å². The zero-order valence-corrected chi connectivity index (χ0v) is 14.4. The van der Waals surface area contributed by atoms with Crippen molar-refractivity contribution >= 4 is 10.0 Å². The molecule has 0 saturated carbocycles. The molecule has 0 aliphatic carbocycles. The number of likely N-dealkylation sites (tertiary alicyclic amines) is 1. The molecule has 3 aliphatic rings. The summed E-state index contributed by atoms with van der Waals surface area (Å²) in [5.74, 6) is 2.23. The minimum absolute atomic E-state index is 0.199. The van der Waals surface area contributed by atoms with Crippen molar-refractivity contribution in [1.82, 2.24) is 9.62 Å². The third kappa shape index (κ3) is 3.37. The Hall–Kier alpha value is -1.35. The summed E-state index contributed by atoms with van der Waals surface area (Å²) in [5.41, 5.74) is 1.19. The molecular weight excluding hydrogens is 332 g/mol. The van der Waals surface area contributed by atoms with Crippen LogP contribution in [0.5, 0.6) is 11.5 Å². The van der Waals surface area contributed by atoms with Crippen LogP contribution in [0.4, 0.5) is 0 Å². The van der Waals surface area contributed by atoms with Crippen molar-refractivity contribution in [1.29, 1.82) is 0 Å². The van der Waals surface area contributed by atoms with Gasteiger partial charge in [0.15, 0.2) is 11.5 Å². The predicted molar refractivity (Wildman–Crippen MR) is 87.4 cm³/mol. The van der Waals surface area contributed by atoms with Gasteiger partial charge in [0.25, 0.3) is 0 Å². The largest absolute Gasteiger partial charge is 0.454 e. The van der Waals surface area contributed by atoms with Crippen molar-refractivity contribution in [3.8, 4) is 11.5 Å². The lowest BCUT2D eigenvalue weighted by Crippen LogP contribution is -2.33. The highest BCUT2D eigenvalue weighted by molar-refractivity contribution is 7.88. The Morgan fingerprint density at radius 2 is 2.08 bits per heavy atom. The molecule has 132 valence electrons. The van der Waals surface area contributed by atoms with E-state index < -0.39 is 10.0 Å². The Balaban J connectivity index is 1.36. The Bertz CT molecular complexity index is 723. The van der Waals surface area contributed by atoms with Crippen molar-refractivity contribution in [3.63, 3.8) is 0 Å². The van der Waals surface area contributed by atoms with Gasteiger partial charge in [-0.15, -0.1) is 0 Å². The molecule has 2 fully saturated rings. The molecule has 0 unspecified atom stereocenters. The van der Waals surface area contributed by atoms with E-state index in [0.717, 1.165) is 31.1 Å². The van der Waals surface area contributed by atoms with Gasteiger partial charge >= 0.3 is 0 Å². The molecule has 2 saturated heterocycles. The second-order valence-electron chi connectivity index (χ2n) is 6.80. The number of nitrogens with one attached hydrogen (secondary N) is 1. The highest BCUT2D eigenvalue weighted by Crippen LogP contribution is 2.36. The maximum absolute atomic E-state index is 11.3. The number of rotatable bonds is 5. The quantitative estimate of drug-likeness (QED) is 0.825. The average Bonchev–Trinajstić information content (AvgIpc) is 3.19. The van der Waals surface area contributed by atoms with E-state index >= 15 is 0 Å². The zero-order chi connectivity index (χ0) is 16.7. The monoisotopic (exact) mass is 354 g/mol. The molecule has 0 bridgehead atoms. The van der Waals surface area contributed by atoms with Crippen LogP contribution >= 0.6 is 0 Å². The molecule has 0 amide bonds. The van der Waals surface area contributed by atoms with Crippen LogP contribution in [-0.4, -0.2) is 58.7 Å². The third-order valence-corrected chi connectivity index (χ3v) is 5.66. The molecular formula is C16H22N2O5S. The summed E-state index contributed by atoms with van der Waals surface area (Å²) in [6.45, 7) is 4.02. The number of nitrogens with zero attached hydrogens (tertiary/aromatic N) is 1. The van der Waals surface area contributed by atoms with Crippen LogP contribution in [0.25, 0.3) is 0 Å². The van der Waals surface area contributed by atoms with Gasteiger partial charge in [-0.25, -0.2) is 13.1 Å². The molecule has 4 rings (SSSR count). The molecule has 24 heavy (non-hydrogen) atoms. The molecule has 1 aromatic carbocycles. The molecule has 3 atom stereocenters. The fraction of sp³-hybridized carbons (Fsp3) is 0.625. The molecule has 1 N–H and O–H groups in total. The van der Waals surface area contributed by atoms with Crippen LogP contribution in [-0.2, 0) is 21.3 Å². The Morgan fingerprint density at radius 3 is 2.92 bits per heavy atom. The molecule has 7 nitrogen and oxygen atoms in total. The maximum Gasteiger partial charge on any atom is 0.231 e. The fourth-order valence-corrected chi connectivity index (χ4v) is 4.29. The summed E-state index contributed by atoms with van der Waals surface area (Å²) < 4.78 is 41.8. The number of hydrogen-bond donors (Lipinski definition) is 1. The van der Waals surface area contributed by atoms with Crippen LogP contribution in [0, 0.1) is 11.8 Å². The second kappa shape index (κ2) is 6.18. The van der Waals surface area contributed by atoms with E-state index in [9.17, 15) is 8.42 Å². The zero-order valence-electron chi connectivity index (χ0n) is 13.6. The van der Waals surface area contributed by atoms with Crippen LogP contribution in [0.3, 0.4) is 0 Å². The number of ether oxygens (including phenoxy) is 3. The van der Waals surface area contributed by atoms with E-state index in [4.69, 9.17) is 14.2 Å². The van der Waals surface area contributed by atoms with Crippen molar-refractivity contribution in [2.75, 3.05) is 39.3 Å². The molecule has 0 aromatic heterocycles. The van der Waals surface area contributed by atoms with Crippen LogP contribution in [0.1, 0.15) is 5.56 Å². The first kappa shape index (κ1) is 16.1. The SMILES string of the molecule is CS(=O)(=O)NC[C@@H]1CO[C@H]2CN(Cc3ccc4c(c3)OCO4)C[C@@H]12. The number of hydrogen-bond acceptors (Lipinski definition) is 6. The van der Waals surface area contributed by atoms with Gasteiger partial charge in [-0.3, -0.25) is 4.90 Å². The molecule has 8 heteroatoms. The predicted octanol–water partition coefficient (Wildman–Crippen LogP) is 0.411. The fourth-order valence-electron chi connectivity index (χ4n) is 3.78. The summed E-state index contributed by atoms with van der Waals surface area (Å²) in [4.78, 5) is 2.36. The first-order valence-corrected chi connectivity index (χ1v) is 10.0. The van der Waals surface area contributed by atoms with Crippen molar-refractivity contribution < 1.29 is 22.6 Å². The minimum atomic E-state index is -3.15. The molecule has 1 aromatic rings. The first-order chi connectivity index (χ1) is 11.5. The maximum atomic E-state index is 11.3. The topological polar surface area (TPSA) is 77.1 Å². The van der Waals surface area contributed by atoms with Crippen molar-refractivity contribution in [2.45, 2.75) is 12.6 Å². The highest BCUT2D eigenvalue weighted by Gasteiger charge is 2.43. The van der Waals surface area contributed by atoms with Gasteiger partial charge in [0.2, 0.25) is 16.8 Å². The molecule has 0 spiro atoms. The molecule has 3 aliphatic heterocycles. The minimum Gasteiger partial charge on any atom is -0.454 e. The Morgan fingerprint density at radius 1 is 1.25 bits per heavy atom. The second-order valence-corrected chi connectivity index (χ2v) is 8.63. The molecule has 0 radical (unpaired) electrons. The number of fused-ring (bicyclic) bond motifs is 2. The van der Waals surface area contributed by atoms with Gasteiger partial charge in [-0.1, -0.05) is 6.07 Å². The first-order valence-electron chi connectivity index (χ1n) is 8.15. The van der Waals surface area contributed by atoms with Crippen molar-refractivity contribution in [2.24, 2.45) is 11.8 Å². The van der Waals surface area contributed by atoms with Gasteiger partial charge in [0.05, 0.1) is 19.0 Å². The summed E-state index contributed by atoms with van der Waals surface area (Å²) in [6, 6.07) is 6.04. The smallest absolute Gasteiger partial charge is 0.231 e. The lowest BCUT2D eigenvalue weighted by atomic mass is 9.93. The Kier molecular flexibility index (Phi) is 4.16. The van der Waals surface area contributed by atoms with Gasteiger partial charge in [0, 0.05) is 38.0 Å². The van der Waals surface area contributed by atoms with E-state index in [2.05, 4.69) is 15.7 Å². The lowest BCUT2D eigenvalue weighted by Gasteiger charge is -2.19. The average molecular weight is 354 g/mol. The third-order valence-electron chi connectivity index (χ3n) is 4.97. The summed E-state index contributed by atoms with van der Waals surface area (Å²) in [5, 5.41) is 0. The van der Waals surface area contributed by atoms with Gasteiger partial charge < -0.3 is 14.2 Å². The number of sulfonamides is 1. The highest BCUT2D eigenvalue weighted by atomic mass is 32.2. The van der Waals surface area contributed by atoms with E-state index in [1.807, 2.05) is 12.1 Å². The normalized spacial score (nSPS) is 29.1. The van der Waals surface area contributed by atoms with E-state index in [0.29, 0.717) is 19.1 Å². The number of benzene rings is 1. The van der Waals surface area contributed by atoms with E-state index in [1.165, 1.54) is 11.8 Å². The van der Waals surface area contributed by atoms with Crippen LogP contribution in [0.15, 0.2) is 18.2 Å².